The SMILES string of the molecule is O=C(O)CCCN1C(=O)C2CC=C3C(CC4C(=O)N(Nc5ccc(F)cc5)C(=O)C4(c4ccc(Cl)cc4)C3c3cc(OC(F)(F)F)ccc3O)C2C1=O. The number of aromatic hydroxyl groups is 1. The van der Waals surface area contributed by atoms with Crippen molar-refractivity contribution in [3.8, 4) is 11.5 Å². The molecule has 1 saturated carbocycles. The fraction of sp³-hybridized carbons (Fsp3) is 0.324. The van der Waals surface area contributed by atoms with Crippen LogP contribution in [0.25, 0.3) is 0 Å². The standard InChI is InChI=1S/C37H30ClF4N3O8/c38-19-5-3-18(4-6-19)36-27(33(50)45(35(36)52)43-21-9-7-20(39)8-10-21)17-25-23(31(36)26-16-22(11-14-28(26)46)53-37(40,41)42)12-13-24-30(25)34(51)44(32(24)49)15-1-2-29(47)48/h3-12,14,16,24-25,27,30-31,43,46H,1-2,13,15,17H2,(H,47,48). The Bertz CT molecular complexity index is 2060. The van der Waals surface area contributed by atoms with Gasteiger partial charge >= 0.3 is 12.3 Å². The predicted molar refractivity (Wildman–Crippen MR) is 177 cm³/mol. The molecule has 2 aliphatic heterocycles. The van der Waals surface area contributed by atoms with Crippen LogP contribution in [0, 0.1) is 29.5 Å². The number of likely N-dealkylation sites (tertiary alicyclic amines) is 1. The summed E-state index contributed by atoms with van der Waals surface area (Å²) in [6, 6.07) is 13.6. The van der Waals surface area contributed by atoms with Crippen LogP contribution < -0.4 is 10.2 Å². The number of hydrazine groups is 1. The van der Waals surface area contributed by atoms with Crippen molar-refractivity contribution in [2.75, 3.05) is 12.0 Å². The number of hydrogen-bond donors (Lipinski definition) is 3. The molecule has 3 aromatic carbocycles. The predicted octanol–water partition coefficient (Wildman–Crippen LogP) is 5.93. The molecular formula is C37H30ClF4N3O8. The van der Waals surface area contributed by atoms with E-state index in [-0.39, 0.29) is 54.1 Å². The lowest BCUT2D eigenvalue weighted by Gasteiger charge is -2.50. The second-order valence-electron chi connectivity index (χ2n) is 13.5. The zero-order chi connectivity index (χ0) is 38.0. The minimum atomic E-state index is -5.13. The third-order valence-corrected chi connectivity index (χ3v) is 10.9. The molecule has 3 N–H and O–H groups in total. The van der Waals surface area contributed by atoms with Gasteiger partial charge in [0, 0.05) is 29.5 Å². The number of hydrogen-bond acceptors (Lipinski definition) is 8. The van der Waals surface area contributed by atoms with Crippen molar-refractivity contribution >= 4 is 46.9 Å². The van der Waals surface area contributed by atoms with E-state index in [0.717, 1.165) is 40.2 Å². The van der Waals surface area contributed by atoms with Crippen molar-refractivity contribution < 1.29 is 56.5 Å². The molecular weight excluding hydrogens is 726 g/mol. The fourth-order valence-corrected chi connectivity index (χ4v) is 8.76. The summed E-state index contributed by atoms with van der Waals surface area (Å²) in [7, 11) is 0. The Morgan fingerprint density at radius 1 is 0.962 bits per heavy atom. The first kappa shape index (κ1) is 35.9. The molecule has 0 spiro atoms. The minimum Gasteiger partial charge on any atom is -0.508 e. The smallest absolute Gasteiger partial charge is 0.508 e. The first-order valence-electron chi connectivity index (χ1n) is 16.6. The Kier molecular flexibility index (Phi) is 8.95. The molecule has 276 valence electrons. The Hall–Kier alpha value is -5.44. The van der Waals surface area contributed by atoms with Gasteiger partial charge in [-0.3, -0.25) is 34.3 Å². The number of phenolic OH excluding ortho intramolecular Hbond substituents is 1. The van der Waals surface area contributed by atoms with Crippen LogP contribution in [0.3, 0.4) is 0 Å². The van der Waals surface area contributed by atoms with Gasteiger partial charge in [-0.1, -0.05) is 35.4 Å². The number of carbonyl (C=O) groups excluding carboxylic acids is 4. The van der Waals surface area contributed by atoms with Gasteiger partial charge in [-0.2, -0.15) is 5.01 Å². The normalized spacial score (nSPS) is 26.6. The molecule has 4 aliphatic rings. The highest BCUT2D eigenvalue weighted by atomic mass is 35.5. The molecule has 7 rings (SSSR count). The number of rotatable bonds is 9. The molecule has 16 heteroatoms. The molecule has 6 atom stereocenters. The van der Waals surface area contributed by atoms with Crippen LogP contribution in [0.2, 0.25) is 5.02 Å². The monoisotopic (exact) mass is 755 g/mol. The maximum absolute atomic E-state index is 15.1. The summed E-state index contributed by atoms with van der Waals surface area (Å²) in [6.07, 6.45) is -3.98. The molecule has 4 amide bonds. The van der Waals surface area contributed by atoms with E-state index in [9.17, 15) is 41.8 Å². The lowest BCUT2D eigenvalue weighted by molar-refractivity contribution is -0.274. The highest BCUT2D eigenvalue weighted by Crippen LogP contribution is 2.65. The number of anilines is 1. The number of aliphatic carboxylic acids is 1. The maximum atomic E-state index is 15.1. The van der Waals surface area contributed by atoms with Crippen molar-refractivity contribution in [3.05, 3.63) is 100 Å². The minimum absolute atomic E-state index is 0.000986. The molecule has 11 nitrogen and oxygen atoms in total. The quantitative estimate of drug-likeness (QED) is 0.137. The number of carboxylic acid groups (broad SMARTS) is 1. The third-order valence-electron chi connectivity index (χ3n) is 10.7. The lowest BCUT2D eigenvalue weighted by atomic mass is 9.49. The number of phenols is 1. The molecule has 0 bridgehead atoms. The number of halogens is 5. The number of nitrogens with zero attached hydrogens (tertiary/aromatic N) is 2. The second kappa shape index (κ2) is 13.2. The number of carbonyl (C=O) groups is 5. The Morgan fingerprint density at radius 2 is 1.66 bits per heavy atom. The maximum Gasteiger partial charge on any atom is 0.573 e. The Labute approximate surface area is 303 Å². The first-order chi connectivity index (χ1) is 25.1. The van der Waals surface area contributed by atoms with Gasteiger partial charge in [0.2, 0.25) is 11.8 Å². The summed E-state index contributed by atoms with van der Waals surface area (Å²) in [4.78, 5) is 69.6. The number of ether oxygens (including phenoxy) is 1. The van der Waals surface area contributed by atoms with Gasteiger partial charge in [-0.15, -0.1) is 13.2 Å². The van der Waals surface area contributed by atoms with Crippen LogP contribution >= 0.6 is 11.6 Å². The summed E-state index contributed by atoms with van der Waals surface area (Å²) < 4.78 is 58.6. The number of alkyl halides is 3. The average molecular weight is 756 g/mol. The van der Waals surface area contributed by atoms with Gasteiger partial charge in [0.25, 0.3) is 11.8 Å². The van der Waals surface area contributed by atoms with Gasteiger partial charge in [-0.25, -0.2) is 4.39 Å². The van der Waals surface area contributed by atoms with Gasteiger partial charge in [0.15, 0.2) is 0 Å². The van der Waals surface area contributed by atoms with E-state index < -0.39 is 88.3 Å². The Balaban J connectivity index is 1.43. The van der Waals surface area contributed by atoms with Crippen molar-refractivity contribution in [1.82, 2.24) is 9.91 Å². The molecule has 2 saturated heterocycles. The molecule has 2 heterocycles. The summed E-state index contributed by atoms with van der Waals surface area (Å²) in [6.45, 7) is -0.162. The van der Waals surface area contributed by atoms with Gasteiger partial charge in [0.05, 0.1) is 28.9 Å². The summed E-state index contributed by atoms with van der Waals surface area (Å²) in [5.41, 5.74) is 1.30. The molecule has 6 unspecified atom stereocenters. The number of imide groups is 2. The van der Waals surface area contributed by atoms with Crippen LogP contribution in [0.15, 0.2) is 78.4 Å². The second-order valence-corrected chi connectivity index (χ2v) is 13.9. The van der Waals surface area contributed by atoms with E-state index in [1.807, 2.05) is 0 Å². The molecule has 0 aromatic heterocycles. The highest BCUT2D eigenvalue weighted by molar-refractivity contribution is 6.30. The highest BCUT2D eigenvalue weighted by Gasteiger charge is 2.70. The van der Waals surface area contributed by atoms with Gasteiger partial charge < -0.3 is 14.9 Å². The van der Waals surface area contributed by atoms with Crippen LogP contribution in [-0.2, 0) is 29.4 Å². The number of allylic oxidation sites excluding steroid dienone is 2. The van der Waals surface area contributed by atoms with Crippen molar-refractivity contribution in [3.63, 3.8) is 0 Å². The Morgan fingerprint density at radius 3 is 2.32 bits per heavy atom. The number of amides is 4. The van der Waals surface area contributed by atoms with Gasteiger partial charge in [-0.05, 0) is 85.3 Å². The number of carboxylic acids is 1. The summed E-state index contributed by atoms with van der Waals surface area (Å²) in [5, 5.41) is 21.6. The number of nitrogens with one attached hydrogen (secondary N) is 1. The van der Waals surface area contributed by atoms with Crippen LogP contribution in [0.1, 0.15) is 42.7 Å². The molecule has 0 radical (unpaired) electrons. The van der Waals surface area contributed by atoms with Crippen LogP contribution in [-0.4, -0.2) is 62.6 Å². The number of fused-ring (bicyclic) bond motifs is 4. The lowest BCUT2D eigenvalue weighted by Crippen LogP contribution is -2.53. The largest absolute Gasteiger partial charge is 0.573 e. The number of benzene rings is 3. The summed E-state index contributed by atoms with van der Waals surface area (Å²) >= 11 is 6.25. The molecule has 3 aromatic rings. The summed E-state index contributed by atoms with van der Waals surface area (Å²) in [5.74, 6) is -11.3. The van der Waals surface area contributed by atoms with E-state index in [0.29, 0.717) is 5.57 Å². The third kappa shape index (κ3) is 6.06. The zero-order valence-electron chi connectivity index (χ0n) is 27.5. The van der Waals surface area contributed by atoms with E-state index in [2.05, 4.69) is 10.2 Å². The van der Waals surface area contributed by atoms with Gasteiger partial charge in [0.1, 0.15) is 17.3 Å². The zero-order valence-corrected chi connectivity index (χ0v) is 28.2. The van der Waals surface area contributed by atoms with E-state index in [1.54, 1.807) is 6.08 Å². The van der Waals surface area contributed by atoms with Crippen molar-refractivity contribution in [2.45, 2.75) is 43.4 Å². The molecule has 3 fully saturated rings. The topological polar surface area (TPSA) is 154 Å². The van der Waals surface area contributed by atoms with E-state index >= 15 is 4.79 Å². The fourth-order valence-electron chi connectivity index (χ4n) is 8.63. The van der Waals surface area contributed by atoms with Crippen molar-refractivity contribution in [2.24, 2.45) is 23.7 Å². The van der Waals surface area contributed by atoms with Crippen molar-refractivity contribution in [1.29, 1.82) is 0 Å². The average Bonchev–Trinajstić information content (AvgIpc) is 3.47. The van der Waals surface area contributed by atoms with Crippen LogP contribution in [0.4, 0.5) is 23.2 Å². The van der Waals surface area contributed by atoms with E-state index in [1.165, 1.54) is 36.4 Å². The van der Waals surface area contributed by atoms with Crippen LogP contribution in [0.5, 0.6) is 11.5 Å². The first-order valence-corrected chi connectivity index (χ1v) is 17.0. The molecule has 53 heavy (non-hydrogen) atoms. The van der Waals surface area contributed by atoms with E-state index in [4.69, 9.17) is 16.7 Å². The molecule has 2 aliphatic carbocycles.